The fraction of sp³-hybridized carbons (Fsp3) is 0.318. The van der Waals surface area contributed by atoms with Crippen molar-refractivity contribution in [2.75, 3.05) is 0 Å². The average molecular weight is 449 g/mol. The highest BCUT2D eigenvalue weighted by Gasteiger charge is 2.21. The van der Waals surface area contributed by atoms with E-state index in [9.17, 15) is 4.79 Å². The Morgan fingerprint density at radius 3 is 2.94 bits per heavy atom. The highest BCUT2D eigenvalue weighted by Crippen LogP contribution is 2.39. The SMILES string of the molecule is Cc1ccc2c(c1)c(=O)n(C)c1nnc(CSc3ncnc4sc5c(c34)CCCC5)n21. The first-order chi connectivity index (χ1) is 15.1. The normalized spacial score (nSPS) is 14.0. The molecule has 31 heavy (non-hydrogen) atoms. The van der Waals surface area contributed by atoms with Crippen LogP contribution in [0.15, 0.2) is 34.3 Å². The van der Waals surface area contributed by atoms with E-state index in [-0.39, 0.29) is 5.56 Å². The Hall–Kier alpha value is -2.78. The summed E-state index contributed by atoms with van der Waals surface area (Å²) in [5, 5.41) is 11.7. The first-order valence-corrected chi connectivity index (χ1v) is 12.1. The Balaban J connectivity index is 1.46. The van der Waals surface area contributed by atoms with E-state index in [2.05, 4.69) is 20.2 Å². The Labute approximate surface area is 186 Å². The molecule has 1 aromatic carbocycles. The van der Waals surface area contributed by atoms with Gasteiger partial charge in [-0.25, -0.2) is 9.97 Å². The van der Waals surface area contributed by atoms with Crippen molar-refractivity contribution in [3.63, 3.8) is 0 Å². The third kappa shape index (κ3) is 2.90. The van der Waals surface area contributed by atoms with Crippen molar-refractivity contribution in [2.45, 2.75) is 43.4 Å². The molecule has 1 aliphatic carbocycles. The van der Waals surface area contributed by atoms with Gasteiger partial charge in [0.05, 0.1) is 16.7 Å². The van der Waals surface area contributed by atoms with Crippen LogP contribution < -0.4 is 5.56 Å². The lowest BCUT2D eigenvalue weighted by molar-refractivity contribution is 0.699. The van der Waals surface area contributed by atoms with E-state index in [1.165, 1.54) is 28.7 Å². The second kappa shape index (κ2) is 7.13. The zero-order valence-electron chi connectivity index (χ0n) is 17.3. The molecule has 0 saturated carbocycles. The summed E-state index contributed by atoms with van der Waals surface area (Å²) >= 11 is 3.48. The Morgan fingerprint density at radius 1 is 1.16 bits per heavy atom. The van der Waals surface area contributed by atoms with Gasteiger partial charge in [-0.15, -0.1) is 21.5 Å². The van der Waals surface area contributed by atoms with Gasteiger partial charge < -0.3 is 0 Å². The van der Waals surface area contributed by atoms with Gasteiger partial charge in [0.25, 0.3) is 5.56 Å². The van der Waals surface area contributed by atoms with E-state index in [1.54, 1.807) is 29.7 Å². The Bertz CT molecular complexity index is 1550. The minimum absolute atomic E-state index is 0.0554. The molecule has 0 spiro atoms. The van der Waals surface area contributed by atoms with Crippen LogP contribution in [0.5, 0.6) is 0 Å². The number of hydrogen-bond donors (Lipinski definition) is 0. The predicted octanol–water partition coefficient (Wildman–Crippen LogP) is 4.07. The number of hydrogen-bond acceptors (Lipinski definition) is 7. The number of rotatable bonds is 3. The van der Waals surface area contributed by atoms with Crippen molar-refractivity contribution in [3.05, 3.63) is 56.7 Å². The molecule has 4 heterocycles. The Kier molecular flexibility index (Phi) is 4.36. The van der Waals surface area contributed by atoms with Crippen molar-refractivity contribution >= 4 is 50.0 Å². The van der Waals surface area contributed by atoms with Crippen LogP contribution in [0.2, 0.25) is 0 Å². The molecule has 0 fully saturated rings. The minimum atomic E-state index is -0.0554. The molecule has 0 unspecified atom stereocenters. The quantitative estimate of drug-likeness (QED) is 0.306. The molecule has 0 aliphatic heterocycles. The van der Waals surface area contributed by atoms with Gasteiger partial charge in [0.15, 0.2) is 0 Å². The molecule has 0 saturated heterocycles. The summed E-state index contributed by atoms with van der Waals surface area (Å²) in [7, 11) is 1.75. The van der Waals surface area contributed by atoms with E-state index >= 15 is 0 Å². The van der Waals surface area contributed by atoms with E-state index in [0.29, 0.717) is 16.9 Å². The van der Waals surface area contributed by atoms with Crippen molar-refractivity contribution in [1.82, 2.24) is 29.1 Å². The summed E-state index contributed by atoms with van der Waals surface area (Å²) in [6.45, 7) is 1.99. The molecule has 0 N–H and O–H groups in total. The second-order valence-corrected chi connectivity index (χ2v) is 10.0. The third-order valence-electron chi connectivity index (χ3n) is 6.00. The summed E-state index contributed by atoms with van der Waals surface area (Å²) in [5.41, 5.74) is 3.27. The molecule has 0 atom stereocenters. The lowest BCUT2D eigenvalue weighted by Crippen LogP contribution is -2.20. The molecular formula is C22H20N6OS2. The highest BCUT2D eigenvalue weighted by molar-refractivity contribution is 7.98. The number of aromatic nitrogens is 6. The monoisotopic (exact) mass is 448 g/mol. The van der Waals surface area contributed by atoms with E-state index in [0.717, 1.165) is 39.6 Å². The van der Waals surface area contributed by atoms with E-state index < -0.39 is 0 Å². The summed E-state index contributed by atoms with van der Waals surface area (Å²) in [6.07, 6.45) is 6.40. The maximum Gasteiger partial charge on any atom is 0.262 e. The highest BCUT2D eigenvalue weighted by atomic mass is 32.2. The standard InChI is InChI=1S/C22H20N6OS2/c1-12-7-8-15-14(9-12)21(29)27(2)22-26-25-17(28(15)22)10-30-19-18-13-5-3-4-6-16(13)31-20(18)24-11-23-19/h7-9,11H,3-6,10H2,1-2H3. The largest absolute Gasteiger partial charge is 0.279 e. The molecule has 0 amide bonds. The lowest BCUT2D eigenvalue weighted by Gasteiger charge is -2.11. The molecule has 5 aromatic rings. The van der Waals surface area contributed by atoms with Crippen molar-refractivity contribution in [3.8, 4) is 0 Å². The third-order valence-corrected chi connectivity index (χ3v) is 8.18. The maximum atomic E-state index is 12.8. The van der Waals surface area contributed by atoms with Gasteiger partial charge in [-0.05, 0) is 50.3 Å². The number of aryl methyl sites for hydroxylation is 4. The van der Waals surface area contributed by atoms with Crippen molar-refractivity contribution < 1.29 is 0 Å². The van der Waals surface area contributed by atoms with E-state index in [1.807, 2.05) is 40.9 Å². The predicted molar refractivity (Wildman–Crippen MR) is 124 cm³/mol. The van der Waals surface area contributed by atoms with E-state index in [4.69, 9.17) is 0 Å². The maximum absolute atomic E-state index is 12.8. The van der Waals surface area contributed by atoms with Gasteiger partial charge in [0, 0.05) is 17.3 Å². The van der Waals surface area contributed by atoms with Gasteiger partial charge in [-0.2, -0.15) is 0 Å². The van der Waals surface area contributed by atoms with Crippen LogP contribution in [0.1, 0.15) is 34.7 Å². The molecule has 1 aliphatic rings. The van der Waals surface area contributed by atoms with Crippen LogP contribution in [0.3, 0.4) is 0 Å². The number of nitrogens with zero attached hydrogens (tertiary/aromatic N) is 6. The molecule has 0 radical (unpaired) electrons. The summed E-state index contributed by atoms with van der Waals surface area (Å²) in [4.78, 5) is 24.5. The fourth-order valence-electron chi connectivity index (χ4n) is 4.46. The summed E-state index contributed by atoms with van der Waals surface area (Å²) < 4.78 is 3.56. The van der Waals surface area contributed by atoms with Crippen LogP contribution in [0.25, 0.3) is 26.9 Å². The zero-order chi connectivity index (χ0) is 21.1. The molecule has 4 aromatic heterocycles. The second-order valence-electron chi connectivity index (χ2n) is 7.99. The number of benzene rings is 1. The first-order valence-electron chi connectivity index (χ1n) is 10.3. The van der Waals surface area contributed by atoms with Gasteiger partial charge in [-0.1, -0.05) is 23.4 Å². The smallest absolute Gasteiger partial charge is 0.262 e. The summed E-state index contributed by atoms with van der Waals surface area (Å²) in [5.74, 6) is 1.97. The summed E-state index contributed by atoms with van der Waals surface area (Å²) in [6, 6.07) is 5.93. The number of thiophene rings is 1. The van der Waals surface area contributed by atoms with Crippen molar-refractivity contribution in [1.29, 1.82) is 0 Å². The van der Waals surface area contributed by atoms with Gasteiger partial charge in [0.2, 0.25) is 5.78 Å². The van der Waals surface area contributed by atoms with Gasteiger partial charge in [0.1, 0.15) is 22.0 Å². The molecule has 7 nitrogen and oxygen atoms in total. The average Bonchev–Trinajstić information content (AvgIpc) is 3.38. The fourth-order valence-corrected chi connectivity index (χ4v) is 6.69. The number of fused-ring (bicyclic) bond motifs is 6. The molecule has 6 rings (SSSR count). The van der Waals surface area contributed by atoms with Crippen LogP contribution in [-0.2, 0) is 25.6 Å². The van der Waals surface area contributed by atoms with Crippen LogP contribution >= 0.6 is 23.1 Å². The number of thioether (sulfide) groups is 1. The lowest BCUT2D eigenvalue weighted by atomic mass is 9.97. The molecular weight excluding hydrogens is 428 g/mol. The molecule has 156 valence electrons. The minimum Gasteiger partial charge on any atom is -0.279 e. The van der Waals surface area contributed by atoms with Crippen LogP contribution in [0.4, 0.5) is 0 Å². The van der Waals surface area contributed by atoms with Crippen molar-refractivity contribution in [2.24, 2.45) is 7.05 Å². The first kappa shape index (κ1) is 18.9. The van der Waals surface area contributed by atoms with Crippen LogP contribution in [-0.4, -0.2) is 29.1 Å². The molecule has 0 bridgehead atoms. The molecule has 9 heteroatoms. The van der Waals surface area contributed by atoms with Gasteiger partial charge in [-0.3, -0.25) is 13.8 Å². The topological polar surface area (TPSA) is 78.0 Å². The van der Waals surface area contributed by atoms with Crippen LogP contribution in [0, 0.1) is 6.92 Å². The Morgan fingerprint density at radius 2 is 2.03 bits per heavy atom. The zero-order valence-corrected chi connectivity index (χ0v) is 18.9. The van der Waals surface area contributed by atoms with Gasteiger partial charge >= 0.3 is 0 Å².